The smallest absolute Gasteiger partial charge is 0.348 e. The number of carbonyl (C=O) groups is 2. The van der Waals surface area contributed by atoms with E-state index in [1.807, 2.05) is 44.2 Å². The summed E-state index contributed by atoms with van der Waals surface area (Å²) in [5.41, 5.74) is 0.601. The van der Waals surface area contributed by atoms with Gasteiger partial charge in [-0.05, 0) is 12.1 Å². The topological polar surface area (TPSA) is 70.4 Å². The first-order valence-corrected chi connectivity index (χ1v) is 6.95. The number of benzene rings is 1. The van der Waals surface area contributed by atoms with Gasteiger partial charge in [-0.1, -0.05) is 32.0 Å². The summed E-state index contributed by atoms with van der Waals surface area (Å²) < 4.78 is 11.8. The Balaban J connectivity index is 1.76. The SMILES string of the molecule is CC1(C)COC(=O)[C@@H]1OC(=O)c1cnn(-c2ccccc2)c1. The largest absolute Gasteiger partial charge is 0.462 e. The first-order valence-electron chi connectivity index (χ1n) is 6.95. The molecule has 0 N–H and O–H groups in total. The van der Waals surface area contributed by atoms with Crippen molar-refractivity contribution in [2.45, 2.75) is 20.0 Å². The van der Waals surface area contributed by atoms with E-state index in [0.717, 1.165) is 5.69 Å². The molecule has 1 aromatic heterocycles. The number of ether oxygens (including phenoxy) is 2. The highest BCUT2D eigenvalue weighted by Crippen LogP contribution is 2.31. The van der Waals surface area contributed by atoms with Crippen LogP contribution in [0.15, 0.2) is 42.7 Å². The van der Waals surface area contributed by atoms with Crippen LogP contribution in [0.3, 0.4) is 0 Å². The Morgan fingerprint density at radius 2 is 2.09 bits per heavy atom. The number of cyclic esters (lactones) is 1. The zero-order chi connectivity index (χ0) is 15.7. The van der Waals surface area contributed by atoms with Crippen LogP contribution in [-0.4, -0.2) is 34.4 Å². The van der Waals surface area contributed by atoms with Gasteiger partial charge in [0, 0.05) is 11.6 Å². The Bertz CT molecular complexity index is 706. The van der Waals surface area contributed by atoms with Crippen LogP contribution in [0.5, 0.6) is 0 Å². The van der Waals surface area contributed by atoms with E-state index < -0.39 is 23.5 Å². The normalized spacial score (nSPS) is 19.7. The maximum absolute atomic E-state index is 12.2. The summed E-state index contributed by atoms with van der Waals surface area (Å²) in [4.78, 5) is 23.9. The molecule has 2 heterocycles. The standard InChI is InChI=1S/C16H16N2O4/c1-16(2)10-21-15(20)13(16)22-14(19)11-8-17-18(9-11)12-6-4-3-5-7-12/h3-9,13H,10H2,1-2H3/t13-/m0/s1. The lowest BCUT2D eigenvalue weighted by Crippen LogP contribution is -2.34. The third kappa shape index (κ3) is 2.59. The van der Waals surface area contributed by atoms with Crippen molar-refractivity contribution in [1.29, 1.82) is 0 Å². The lowest BCUT2D eigenvalue weighted by molar-refractivity contribution is -0.145. The van der Waals surface area contributed by atoms with Gasteiger partial charge in [0.1, 0.15) is 6.61 Å². The minimum absolute atomic E-state index is 0.243. The fraction of sp³-hybridized carbons (Fsp3) is 0.312. The van der Waals surface area contributed by atoms with Crippen LogP contribution < -0.4 is 0 Å². The average molecular weight is 300 g/mol. The van der Waals surface area contributed by atoms with Crippen molar-refractivity contribution in [1.82, 2.24) is 9.78 Å². The lowest BCUT2D eigenvalue weighted by atomic mass is 9.90. The van der Waals surface area contributed by atoms with E-state index in [4.69, 9.17) is 9.47 Å². The minimum atomic E-state index is -0.889. The van der Waals surface area contributed by atoms with Crippen LogP contribution in [0.25, 0.3) is 5.69 Å². The van der Waals surface area contributed by atoms with Gasteiger partial charge in [-0.15, -0.1) is 0 Å². The molecule has 1 aliphatic rings. The molecule has 114 valence electrons. The molecule has 6 heteroatoms. The molecule has 0 unspecified atom stereocenters. The minimum Gasteiger partial charge on any atom is -0.462 e. The van der Waals surface area contributed by atoms with Crippen LogP contribution >= 0.6 is 0 Å². The monoisotopic (exact) mass is 300 g/mol. The van der Waals surface area contributed by atoms with Crippen LogP contribution in [0.4, 0.5) is 0 Å². The zero-order valence-electron chi connectivity index (χ0n) is 12.4. The highest BCUT2D eigenvalue weighted by molar-refractivity contribution is 5.91. The molecule has 22 heavy (non-hydrogen) atoms. The molecule has 0 spiro atoms. The Kier molecular flexibility index (Phi) is 3.44. The Morgan fingerprint density at radius 3 is 2.73 bits per heavy atom. The second kappa shape index (κ2) is 5.29. The molecule has 0 radical (unpaired) electrons. The molecule has 0 aliphatic carbocycles. The molecular formula is C16H16N2O4. The predicted octanol–water partition coefficient (Wildman–Crippen LogP) is 1.98. The van der Waals surface area contributed by atoms with Gasteiger partial charge in [0.2, 0.25) is 6.10 Å². The molecular weight excluding hydrogens is 284 g/mol. The number of rotatable bonds is 3. The van der Waals surface area contributed by atoms with Gasteiger partial charge in [-0.2, -0.15) is 5.10 Å². The van der Waals surface area contributed by atoms with Crippen molar-refractivity contribution in [3.05, 3.63) is 48.3 Å². The van der Waals surface area contributed by atoms with Gasteiger partial charge in [-0.3, -0.25) is 0 Å². The van der Waals surface area contributed by atoms with Crippen LogP contribution in [0.2, 0.25) is 0 Å². The van der Waals surface area contributed by atoms with E-state index in [1.165, 1.54) is 6.20 Å². The summed E-state index contributed by atoms with van der Waals surface area (Å²) in [6, 6.07) is 9.41. The number of esters is 2. The van der Waals surface area contributed by atoms with E-state index >= 15 is 0 Å². The van der Waals surface area contributed by atoms with Crippen molar-refractivity contribution < 1.29 is 19.1 Å². The number of hydrogen-bond donors (Lipinski definition) is 0. The highest BCUT2D eigenvalue weighted by Gasteiger charge is 2.46. The third-order valence-corrected chi connectivity index (χ3v) is 3.57. The summed E-state index contributed by atoms with van der Waals surface area (Å²) in [7, 11) is 0. The number of nitrogens with zero attached hydrogens (tertiary/aromatic N) is 2. The van der Waals surface area contributed by atoms with Gasteiger partial charge in [0.25, 0.3) is 0 Å². The molecule has 1 aromatic carbocycles. The van der Waals surface area contributed by atoms with E-state index in [0.29, 0.717) is 5.56 Å². The summed E-state index contributed by atoms with van der Waals surface area (Å²) in [5, 5.41) is 4.14. The maximum Gasteiger partial charge on any atom is 0.348 e. The van der Waals surface area contributed by atoms with Crippen LogP contribution in [0, 0.1) is 5.41 Å². The van der Waals surface area contributed by atoms with Crippen LogP contribution in [-0.2, 0) is 14.3 Å². The van der Waals surface area contributed by atoms with E-state index in [-0.39, 0.29) is 6.61 Å². The van der Waals surface area contributed by atoms with E-state index in [2.05, 4.69) is 5.10 Å². The molecule has 1 aliphatic heterocycles. The fourth-order valence-electron chi connectivity index (χ4n) is 2.26. The molecule has 6 nitrogen and oxygen atoms in total. The number of para-hydroxylation sites is 1. The van der Waals surface area contributed by atoms with Gasteiger partial charge in [0.05, 0.1) is 17.4 Å². The zero-order valence-corrected chi connectivity index (χ0v) is 12.4. The summed E-state index contributed by atoms with van der Waals surface area (Å²) in [5.74, 6) is -1.09. The number of carbonyl (C=O) groups excluding carboxylic acids is 2. The molecule has 1 atom stereocenters. The van der Waals surface area contributed by atoms with Crippen molar-refractivity contribution >= 4 is 11.9 Å². The molecule has 1 fully saturated rings. The molecule has 0 saturated carbocycles. The Labute approximate surface area is 127 Å². The lowest BCUT2D eigenvalue weighted by Gasteiger charge is -2.21. The van der Waals surface area contributed by atoms with Crippen molar-refractivity contribution in [3.63, 3.8) is 0 Å². The third-order valence-electron chi connectivity index (χ3n) is 3.57. The summed E-state index contributed by atoms with van der Waals surface area (Å²) in [6.07, 6.45) is 2.10. The predicted molar refractivity (Wildman–Crippen MR) is 77.5 cm³/mol. The fourth-order valence-corrected chi connectivity index (χ4v) is 2.26. The first kappa shape index (κ1) is 14.3. The van der Waals surface area contributed by atoms with Crippen molar-refractivity contribution in [3.8, 4) is 5.69 Å². The molecule has 3 rings (SSSR count). The van der Waals surface area contributed by atoms with Gasteiger partial charge >= 0.3 is 11.9 Å². The van der Waals surface area contributed by atoms with E-state index in [9.17, 15) is 9.59 Å². The second-order valence-corrected chi connectivity index (χ2v) is 5.89. The Morgan fingerprint density at radius 1 is 1.36 bits per heavy atom. The molecule has 0 amide bonds. The first-order chi connectivity index (χ1) is 10.5. The highest BCUT2D eigenvalue weighted by atomic mass is 16.6. The second-order valence-electron chi connectivity index (χ2n) is 5.89. The molecule has 0 bridgehead atoms. The average Bonchev–Trinajstić information content (AvgIpc) is 3.09. The number of aromatic nitrogens is 2. The number of hydrogen-bond acceptors (Lipinski definition) is 5. The van der Waals surface area contributed by atoms with Crippen LogP contribution in [0.1, 0.15) is 24.2 Å². The van der Waals surface area contributed by atoms with Gasteiger partial charge in [0.15, 0.2) is 0 Å². The van der Waals surface area contributed by atoms with Gasteiger partial charge in [-0.25, -0.2) is 14.3 Å². The molecule has 1 saturated heterocycles. The molecule has 2 aromatic rings. The summed E-state index contributed by atoms with van der Waals surface area (Å²) in [6.45, 7) is 3.89. The van der Waals surface area contributed by atoms with Crippen molar-refractivity contribution in [2.75, 3.05) is 6.61 Å². The quantitative estimate of drug-likeness (QED) is 0.811. The van der Waals surface area contributed by atoms with Gasteiger partial charge < -0.3 is 9.47 Å². The Hall–Kier alpha value is -2.63. The maximum atomic E-state index is 12.2. The van der Waals surface area contributed by atoms with Crippen molar-refractivity contribution in [2.24, 2.45) is 5.41 Å². The van der Waals surface area contributed by atoms with E-state index in [1.54, 1.807) is 10.9 Å². The summed E-state index contributed by atoms with van der Waals surface area (Å²) >= 11 is 0.